The topological polar surface area (TPSA) is 106 Å². The Morgan fingerprint density at radius 2 is 1.59 bits per heavy atom. The van der Waals surface area contributed by atoms with Gasteiger partial charge in [0.1, 0.15) is 0 Å². The Kier molecular flexibility index (Phi) is 4.62. The molecule has 0 unspecified atom stereocenters. The molecule has 0 aliphatic rings. The van der Waals surface area contributed by atoms with Crippen LogP contribution in [0.25, 0.3) is 5.52 Å². The summed E-state index contributed by atoms with van der Waals surface area (Å²) in [7, 11) is -3.27. The minimum atomic E-state index is -4.94. The fraction of sp³-hybridized carbons (Fsp3) is 0.100. The van der Waals surface area contributed by atoms with Crippen LogP contribution < -0.4 is 27.8 Å². The lowest BCUT2D eigenvalue weighted by Gasteiger charge is -2.17. The van der Waals surface area contributed by atoms with Crippen molar-refractivity contribution in [3.8, 4) is 5.88 Å². The minimum absolute atomic E-state index is 0.855. The van der Waals surface area contributed by atoms with Crippen LogP contribution in [0.4, 0.5) is 0 Å². The number of nitrogens with zero attached hydrogens (tertiary/aromatic N) is 1. The molecular weight excluding hydrogens is 250 g/mol. The summed E-state index contributed by atoms with van der Waals surface area (Å²) >= 11 is 0. The SMILES string of the molecule is COc1cccc2cccc[n+]12.[O-][Cl+3]([O-])([O-])[O-]. The third kappa shape index (κ3) is 4.94. The number of ether oxygens (including phenoxy) is 1. The normalized spacial score (nSPS) is 10.6. The van der Waals surface area contributed by atoms with Gasteiger partial charge in [-0.2, -0.15) is 0 Å². The quantitative estimate of drug-likeness (QED) is 0.498. The van der Waals surface area contributed by atoms with Crippen LogP contribution in [0.2, 0.25) is 0 Å². The van der Waals surface area contributed by atoms with Crippen LogP contribution in [0.1, 0.15) is 0 Å². The van der Waals surface area contributed by atoms with Crippen molar-refractivity contribution >= 4 is 5.52 Å². The van der Waals surface area contributed by atoms with E-state index in [1.807, 2.05) is 47.0 Å². The Morgan fingerprint density at radius 1 is 1.00 bits per heavy atom. The average Bonchev–Trinajstić information content (AvgIpc) is 2.26. The van der Waals surface area contributed by atoms with E-state index < -0.39 is 10.2 Å². The smallest absolute Gasteiger partial charge is 0.373 e. The van der Waals surface area contributed by atoms with Crippen LogP contribution in [0, 0.1) is 10.2 Å². The third-order valence-electron chi connectivity index (χ3n) is 1.84. The molecule has 0 N–H and O–H groups in total. The van der Waals surface area contributed by atoms with Crippen molar-refractivity contribution in [2.24, 2.45) is 0 Å². The second-order valence-corrected chi connectivity index (χ2v) is 3.70. The molecule has 2 heterocycles. The van der Waals surface area contributed by atoms with Crippen LogP contribution >= 0.6 is 0 Å². The van der Waals surface area contributed by atoms with Gasteiger partial charge in [-0.05, 0) is 12.1 Å². The second-order valence-electron chi connectivity index (χ2n) is 2.94. The lowest BCUT2D eigenvalue weighted by Crippen LogP contribution is -2.68. The molecule has 2 aromatic heterocycles. The van der Waals surface area contributed by atoms with Crippen molar-refractivity contribution in [3.63, 3.8) is 0 Å². The summed E-state index contributed by atoms with van der Waals surface area (Å²) < 4.78 is 41.2. The maximum Gasteiger partial charge on any atom is 0.373 e. The van der Waals surface area contributed by atoms with E-state index in [0.29, 0.717) is 0 Å². The molecule has 0 aliphatic heterocycles. The summed E-state index contributed by atoms with van der Waals surface area (Å²) in [6.45, 7) is 0. The van der Waals surface area contributed by atoms with E-state index in [4.69, 9.17) is 23.4 Å². The van der Waals surface area contributed by atoms with Gasteiger partial charge in [-0.3, -0.25) is 0 Å². The molecule has 2 rings (SSSR count). The minimum Gasteiger partial charge on any atom is -0.447 e. The molecule has 0 aromatic carbocycles. The van der Waals surface area contributed by atoms with E-state index in [9.17, 15) is 0 Å². The molecule has 17 heavy (non-hydrogen) atoms. The number of rotatable bonds is 1. The third-order valence-corrected chi connectivity index (χ3v) is 1.84. The van der Waals surface area contributed by atoms with Gasteiger partial charge in [-0.25, -0.2) is 18.6 Å². The first-order valence-corrected chi connectivity index (χ1v) is 5.70. The molecular formula is C10H10ClNO5. The number of methoxy groups -OCH3 is 1. The molecule has 0 amide bonds. The highest BCUT2D eigenvalue weighted by Crippen LogP contribution is 2.04. The Balaban J connectivity index is 0.000000249. The van der Waals surface area contributed by atoms with Gasteiger partial charge in [0.05, 0.1) is 13.2 Å². The van der Waals surface area contributed by atoms with E-state index >= 15 is 0 Å². The van der Waals surface area contributed by atoms with E-state index in [2.05, 4.69) is 0 Å². The summed E-state index contributed by atoms with van der Waals surface area (Å²) in [6, 6.07) is 12.0. The molecule has 92 valence electrons. The highest BCUT2D eigenvalue weighted by molar-refractivity contribution is 5.38. The standard InChI is InChI=1S/C10H10NO.ClHO4/c1-12-10-7-4-6-9-5-2-3-8-11(9)10;2-1(3,4)5/h2-8H,1H3;(H,2,3,4,5)/q+1;/p-1. The van der Waals surface area contributed by atoms with Crippen molar-refractivity contribution in [2.75, 3.05) is 7.11 Å². The van der Waals surface area contributed by atoms with Gasteiger partial charge in [0.2, 0.25) is 5.52 Å². The summed E-state index contributed by atoms with van der Waals surface area (Å²) in [5, 5.41) is 0. The number of aromatic nitrogens is 1. The maximum atomic E-state index is 8.49. The molecule has 6 nitrogen and oxygen atoms in total. The number of hydrogen-bond donors (Lipinski definition) is 0. The monoisotopic (exact) mass is 259 g/mol. The van der Waals surface area contributed by atoms with Gasteiger partial charge in [0.25, 0.3) is 0 Å². The molecule has 0 aliphatic carbocycles. The fourth-order valence-corrected chi connectivity index (χ4v) is 1.27. The highest BCUT2D eigenvalue weighted by atomic mass is 35.7. The first-order valence-electron chi connectivity index (χ1n) is 4.47. The Morgan fingerprint density at radius 3 is 2.18 bits per heavy atom. The number of halogens is 1. The summed E-state index contributed by atoms with van der Waals surface area (Å²) in [6.07, 6.45) is 1.98. The second kappa shape index (κ2) is 5.76. The van der Waals surface area contributed by atoms with Gasteiger partial charge in [-0.15, -0.1) is 14.6 Å². The largest absolute Gasteiger partial charge is 0.447 e. The molecule has 0 atom stereocenters. The van der Waals surface area contributed by atoms with Crippen molar-refractivity contribution in [3.05, 3.63) is 42.6 Å². The van der Waals surface area contributed by atoms with E-state index in [1.165, 1.54) is 0 Å². The Hall–Kier alpha value is -1.44. The lowest BCUT2D eigenvalue weighted by molar-refractivity contribution is -2.00. The van der Waals surface area contributed by atoms with E-state index in [-0.39, 0.29) is 0 Å². The van der Waals surface area contributed by atoms with E-state index in [1.54, 1.807) is 7.11 Å². The summed E-state index contributed by atoms with van der Waals surface area (Å²) in [4.78, 5) is 0. The zero-order valence-corrected chi connectivity index (χ0v) is 9.66. The van der Waals surface area contributed by atoms with Crippen LogP contribution in [0.15, 0.2) is 42.6 Å². The van der Waals surface area contributed by atoms with Crippen LogP contribution in [0.3, 0.4) is 0 Å². The van der Waals surface area contributed by atoms with Gasteiger partial charge in [0.15, 0.2) is 6.20 Å². The van der Waals surface area contributed by atoms with Crippen molar-refractivity contribution in [1.82, 2.24) is 0 Å². The van der Waals surface area contributed by atoms with Crippen molar-refractivity contribution in [2.45, 2.75) is 0 Å². The Bertz CT molecular complexity index is 474. The van der Waals surface area contributed by atoms with E-state index in [0.717, 1.165) is 11.4 Å². The Labute approximate surface area is 99.7 Å². The zero-order chi connectivity index (χ0) is 12.9. The molecule has 0 radical (unpaired) electrons. The van der Waals surface area contributed by atoms with Crippen LogP contribution in [-0.2, 0) is 0 Å². The molecule has 0 bridgehead atoms. The maximum absolute atomic E-state index is 8.49. The molecule has 7 heteroatoms. The first kappa shape index (κ1) is 13.6. The molecule has 0 spiro atoms. The van der Waals surface area contributed by atoms with Crippen LogP contribution in [0.5, 0.6) is 5.88 Å². The zero-order valence-electron chi connectivity index (χ0n) is 8.91. The molecule has 2 aromatic rings. The molecule has 0 fully saturated rings. The average molecular weight is 260 g/mol. The predicted molar refractivity (Wildman–Crippen MR) is 46.2 cm³/mol. The molecule has 0 saturated carbocycles. The fourth-order valence-electron chi connectivity index (χ4n) is 1.27. The summed E-state index contributed by atoms with van der Waals surface area (Å²) in [5.41, 5.74) is 1.14. The van der Waals surface area contributed by atoms with Gasteiger partial charge >= 0.3 is 5.88 Å². The number of fused-ring (bicyclic) bond motifs is 1. The van der Waals surface area contributed by atoms with Crippen LogP contribution in [-0.4, -0.2) is 7.11 Å². The van der Waals surface area contributed by atoms with Crippen molar-refractivity contribution < 1.29 is 38.0 Å². The van der Waals surface area contributed by atoms with Gasteiger partial charge in [-0.1, -0.05) is 0 Å². The predicted octanol–water partition coefficient (Wildman–Crippen LogP) is -3.32. The number of pyridine rings is 2. The first-order chi connectivity index (χ1) is 7.92. The van der Waals surface area contributed by atoms with Crippen molar-refractivity contribution in [1.29, 1.82) is 0 Å². The lowest BCUT2D eigenvalue weighted by atomic mass is 10.3. The highest BCUT2D eigenvalue weighted by Gasteiger charge is 2.06. The number of hydrogen-bond acceptors (Lipinski definition) is 5. The van der Waals surface area contributed by atoms with Gasteiger partial charge < -0.3 is 4.74 Å². The van der Waals surface area contributed by atoms with Gasteiger partial charge in [0, 0.05) is 18.2 Å². The summed E-state index contributed by atoms with van der Waals surface area (Å²) in [5.74, 6) is 0.855. The molecule has 0 saturated heterocycles.